The number of pyridine rings is 1. The molecule has 0 radical (unpaired) electrons. The second-order valence-corrected chi connectivity index (χ2v) is 4.29. The number of esters is 1. The normalized spacial score (nSPS) is 13.5. The third kappa shape index (κ3) is 5.07. The molecule has 0 fully saturated rings. The first-order valence-electron chi connectivity index (χ1n) is 6.52. The number of ether oxygens (including phenoxy) is 2. The summed E-state index contributed by atoms with van der Waals surface area (Å²) in [5.41, 5.74) is 1.09. The summed E-state index contributed by atoms with van der Waals surface area (Å²) >= 11 is 0. The maximum Gasteiger partial charge on any atom is 0.374 e. The van der Waals surface area contributed by atoms with E-state index in [4.69, 9.17) is 4.74 Å². The van der Waals surface area contributed by atoms with Crippen molar-refractivity contribution in [1.29, 1.82) is 0 Å². The monoisotopic (exact) mass is 281 g/mol. The van der Waals surface area contributed by atoms with Gasteiger partial charge in [-0.2, -0.15) is 0 Å². The maximum atomic E-state index is 11.5. The summed E-state index contributed by atoms with van der Waals surface area (Å²) < 4.78 is 9.18. The van der Waals surface area contributed by atoms with Gasteiger partial charge in [0.05, 0.1) is 0 Å². The van der Waals surface area contributed by atoms with Gasteiger partial charge in [0.25, 0.3) is 5.79 Å². The molecule has 0 spiro atoms. The number of nitrogens with zero attached hydrogens (tertiary/aromatic N) is 1. The molecule has 110 valence electrons. The fraction of sp³-hybridized carbons (Fsp3) is 0.500. The highest BCUT2D eigenvalue weighted by Gasteiger charge is 2.38. The Bertz CT molecular complexity index is 423. The Labute approximate surface area is 117 Å². The average molecular weight is 281 g/mol. The molecule has 0 aliphatic carbocycles. The lowest BCUT2D eigenvalue weighted by atomic mass is 10.0. The Morgan fingerprint density at radius 1 is 1.50 bits per heavy atom. The fourth-order valence-corrected chi connectivity index (χ4v) is 1.85. The van der Waals surface area contributed by atoms with Gasteiger partial charge in [-0.25, -0.2) is 4.79 Å². The van der Waals surface area contributed by atoms with E-state index in [9.17, 15) is 14.7 Å². The molecular formula is C14H19NO5. The quantitative estimate of drug-likeness (QED) is 0.241. The van der Waals surface area contributed by atoms with Crippen LogP contribution in [0.3, 0.4) is 0 Å². The van der Waals surface area contributed by atoms with Gasteiger partial charge in [-0.1, -0.05) is 6.07 Å². The topological polar surface area (TPSA) is 85.7 Å². The van der Waals surface area contributed by atoms with E-state index in [-0.39, 0.29) is 19.5 Å². The van der Waals surface area contributed by atoms with Gasteiger partial charge in [-0.05, 0) is 37.8 Å². The molecule has 20 heavy (non-hydrogen) atoms. The molecule has 0 saturated carbocycles. The van der Waals surface area contributed by atoms with Gasteiger partial charge in [0.15, 0.2) is 0 Å². The first-order chi connectivity index (χ1) is 9.62. The van der Waals surface area contributed by atoms with Crippen molar-refractivity contribution in [3.05, 3.63) is 30.1 Å². The first kappa shape index (κ1) is 16.3. The molecule has 0 amide bonds. The van der Waals surface area contributed by atoms with Gasteiger partial charge < -0.3 is 14.6 Å². The lowest BCUT2D eigenvalue weighted by Gasteiger charge is -2.24. The second-order valence-electron chi connectivity index (χ2n) is 4.29. The Balaban J connectivity index is 2.42. The number of hydrogen-bond acceptors (Lipinski definition) is 6. The molecule has 6 heteroatoms. The minimum atomic E-state index is -2.05. The van der Waals surface area contributed by atoms with Gasteiger partial charge in [0.2, 0.25) is 0 Å². The van der Waals surface area contributed by atoms with Crippen LogP contribution < -0.4 is 0 Å². The van der Waals surface area contributed by atoms with Gasteiger partial charge >= 0.3 is 12.4 Å². The minimum Gasteiger partial charge on any atom is -0.391 e. The van der Waals surface area contributed by atoms with E-state index in [1.165, 1.54) is 0 Å². The van der Waals surface area contributed by atoms with Crippen LogP contribution in [-0.2, 0) is 25.5 Å². The lowest BCUT2D eigenvalue weighted by Crippen LogP contribution is -2.42. The van der Waals surface area contributed by atoms with Crippen LogP contribution in [0, 0.1) is 0 Å². The Morgan fingerprint density at radius 2 is 2.30 bits per heavy atom. The number of rotatable bonds is 9. The van der Waals surface area contributed by atoms with E-state index in [2.05, 4.69) is 9.72 Å². The zero-order valence-electron chi connectivity index (χ0n) is 11.4. The molecule has 6 nitrogen and oxygen atoms in total. The van der Waals surface area contributed by atoms with Gasteiger partial charge in [0, 0.05) is 25.4 Å². The highest BCUT2D eigenvalue weighted by molar-refractivity contribution is 5.82. The van der Waals surface area contributed by atoms with Crippen molar-refractivity contribution in [3.8, 4) is 0 Å². The fourth-order valence-electron chi connectivity index (χ4n) is 1.85. The molecule has 1 aromatic heterocycles. The summed E-state index contributed by atoms with van der Waals surface area (Å²) in [7, 11) is 0. The molecule has 1 aromatic rings. The minimum absolute atomic E-state index is 0.0119. The van der Waals surface area contributed by atoms with Gasteiger partial charge in [-0.15, -0.1) is 0 Å². The largest absolute Gasteiger partial charge is 0.391 e. The maximum absolute atomic E-state index is 11.5. The summed E-state index contributed by atoms with van der Waals surface area (Å²) in [4.78, 5) is 25.7. The van der Waals surface area contributed by atoms with E-state index < -0.39 is 11.8 Å². The van der Waals surface area contributed by atoms with Crippen LogP contribution in [0.15, 0.2) is 24.5 Å². The van der Waals surface area contributed by atoms with Crippen LogP contribution in [-0.4, -0.2) is 34.9 Å². The predicted octanol–water partition coefficient (Wildman–Crippen LogP) is 1.22. The highest BCUT2D eigenvalue weighted by Crippen LogP contribution is 2.19. The molecule has 0 aliphatic heterocycles. The summed E-state index contributed by atoms with van der Waals surface area (Å²) in [6, 6.07) is 3.82. The Kier molecular flexibility index (Phi) is 6.83. The van der Waals surface area contributed by atoms with Crippen molar-refractivity contribution in [1.82, 2.24) is 4.98 Å². The average Bonchev–Trinajstić information content (AvgIpc) is 2.45. The molecule has 0 aliphatic rings. The summed E-state index contributed by atoms with van der Waals surface area (Å²) in [6.07, 6.45) is 5.66. The molecule has 1 N–H and O–H groups in total. The van der Waals surface area contributed by atoms with E-state index in [0.717, 1.165) is 18.4 Å². The number of aryl methyl sites for hydroxylation is 1. The zero-order valence-corrected chi connectivity index (χ0v) is 11.4. The number of aliphatic hydroxyl groups is 1. The number of hydrogen-bond donors (Lipinski definition) is 1. The van der Waals surface area contributed by atoms with Gasteiger partial charge in [-0.3, -0.25) is 9.78 Å². The molecule has 1 rings (SSSR count). The van der Waals surface area contributed by atoms with Crippen LogP contribution >= 0.6 is 0 Å². The lowest BCUT2D eigenvalue weighted by molar-refractivity contribution is -0.227. The second kappa shape index (κ2) is 8.39. The summed E-state index contributed by atoms with van der Waals surface area (Å²) in [5.74, 6) is -3.12. The summed E-state index contributed by atoms with van der Waals surface area (Å²) in [6.45, 7) is 1.78. The highest BCUT2D eigenvalue weighted by atomic mass is 16.7. The molecule has 1 unspecified atom stereocenters. The van der Waals surface area contributed by atoms with Crippen molar-refractivity contribution in [3.63, 3.8) is 0 Å². The molecule has 0 bridgehead atoms. The number of unbranched alkanes of at least 4 members (excludes halogenated alkanes) is 1. The molecule has 0 saturated heterocycles. The summed E-state index contributed by atoms with van der Waals surface area (Å²) in [5, 5.41) is 10.0. The van der Waals surface area contributed by atoms with Crippen molar-refractivity contribution >= 4 is 12.4 Å². The van der Waals surface area contributed by atoms with Crippen molar-refractivity contribution in [2.75, 3.05) is 6.61 Å². The van der Waals surface area contributed by atoms with Crippen LogP contribution in [0.5, 0.6) is 0 Å². The molecule has 0 aromatic carbocycles. The smallest absolute Gasteiger partial charge is 0.374 e. The van der Waals surface area contributed by atoms with E-state index in [0.29, 0.717) is 6.42 Å². The number of carbonyl (C=O) groups excluding carboxylic acids is 2. The van der Waals surface area contributed by atoms with Crippen LogP contribution in [0.4, 0.5) is 0 Å². The van der Waals surface area contributed by atoms with Crippen LogP contribution in [0.25, 0.3) is 0 Å². The molecular weight excluding hydrogens is 262 g/mol. The van der Waals surface area contributed by atoms with Crippen molar-refractivity contribution in [2.24, 2.45) is 0 Å². The number of aromatic nitrogens is 1. The molecule has 1 heterocycles. The van der Waals surface area contributed by atoms with Crippen LogP contribution in [0.2, 0.25) is 0 Å². The third-order valence-corrected chi connectivity index (χ3v) is 2.81. The van der Waals surface area contributed by atoms with E-state index in [1.54, 1.807) is 19.3 Å². The SMILES string of the molecule is CCOC(O)(CCCCc1cccnc1)C(=O)OC=O. The van der Waals surface area contributed by atoms with Crippen molar-refractivity contribution < 1.29 is 24.2 Å². The Hall–Kier alpha value is -1.79. The number of carbonyl (C=O) groups is 2. The molecule has 1 atom stereocenters. The Morgan fingerprint density at radius 3 is 2.90 bits per heavy atom. The predicted molar refractivity (Wildman–Crippen MR) is 70.5 cm³/mol. The van der Waals surface area contributed by atoms with Gasteiger partial charge in [0.1, 0.15) is 0 Å². The third-order valence-electron chi connectivity index (χ3n) is 2.81. The van der Waals surface area contributed by atoms with E-state index >= 15 is 0 Å². The first-order valence-corrected chi connectivity index (χ1v) is 6.52. The van der Waals surface area contributed by atoms with E-state index in [1.807, 2.05) is 12.1 Å². The van der Waals surface area contributed by atoms with Crippen LogP contribution in [0.1, 0.15) is 31.7 Å². The van der Waals surface area contributed by atoms with Crippen molar-refractivity contribution in [2.45, 2.75) is 38.4 Å². The standard InChI is InChI=1S/C14H19NO5/c1-2-20-14(18,13(17)19-11-16)8-4-3-6-12-7-5-9-15-10-12/h5,7,9-11,18H,2-4,6,8H2,1H3. The zero-order chi connectivity index (χ0) is 14.8.